The van der Waals surface area contributed by atoms with Gasteiger partial charge < -0.3 is 10.5 Å². The molecule has 0 radical (unpaired) electrons. The number of halogens is 1. The third kappa shape index (κ3) is 2.63. The first-order chi connectivity index (χ1) is 6.66. The zero-order chi connectivity index (χ0) is 10.6. The molecule has 1 rings (SSSR count). The van der Waals surface area contributed by atoms with Crippen molar-refractivity contribution in [1.29, 1.82) is 0 Å². The molecular formula is C11H16ClNO. The number of ether oxygens (including phenoxy) is 1. The van der Waals surface area contributed by atoms with E-state index in [4.69, 9.17) is 22.1 Å². The van der Waals surface area contributed by atoms with Crippen LogP contribution in [0.1, 0.15) is 17.5 Å². The van der Waals surface area contributed by atoms with Gasteiger partial charge >= 0.3 is 0 Å². The van der Waals surface area contributed by atoms with Crippen LogP contribution in [0.25, 0.3) is 0 Å². The topological polar surface area (TPSA) is 35.2 Å². The first-order valence-electron chi connectivity index (χ1n) is 4.75. The van der Waals surface area contributed by atoms with E-state index in [2.05, 4.69) is 0 Å². The Labute approximate surface area is 90.0 Å². The second-order valence-corrected chi connectivity index (χ2v) is 3.69. The van der Waals surface area contributed by atoms with Gasteiger partial charge in [0.05, 0.1) is 11.6 Å². The average molecular weight is 214 g/mol. The van der Waals surface area contributed by atoms with Crippen molar-refractivity contribution in [3.05, 3.63) is 28.3 Å². The highest BCUT2D eigenvalue weighted by Gasteiger charge is 2.05. The molecule has 0 spiro atoms. The predicted molar refractivity (Wildman–Crippen MR) is 60.1 cm³/mol. The number of rotatable bonds is 4. The summed E-state index contributed by atoms with van der Waals surface area (Å²) in [7, 11) is 0. The Kier molecular flexibility index (Phi) is 4.23. The highest BCUT2D eigenvalue weighted by Crippen LogP contribution is 2.28. The predicted octanol–water partition coefficient (Wildman–Crippen LogP) is 2.68. The Hall–Kier alpha value is -0.730. The number of nitrogens with two attached hydrogens (primary N) is 1. The lowest BCUT2D eigenvalue weighted by molar-refractivity contribution is 0.311. The highest BCUT2D eigenvalue weighted by atomic mass is 35.5. The fourth-order valence-electron chi connectivity index (χ4n) is 1.22. The van der Waals surface area contributed by atoms with Crippen LogP contribution in [0, 0.1) is 13.8 Å². The van der Waals surface area contributed by atoms with E-state index in [0.717, 1.165) is 28.3 Å². The summed E-state index contributed by atoms with van der Waals surface area (Å²) in [6.07, 6.45) is 0.866. The van der Waals surface area contributed by atoms with Gasteiger partial charge in [0.15, 0.2) is 0 Å². The number of hydrogen-bond donors (Lipinski definition) is 1. The van der Waals surface area contributed by atoms with Gasteiger partial charge in [0.1, 0.15) is 5.75 Å². The van der Waals surface area contributed by atoms with E-state index in [9.17, 15) is 0 Å². The zero-order valence-corrected chi connectivity index (χ0v) is 9.40. The van der Waals surface area contributed by atoms with Gasteiger partial charge in [-0.05, 0) is 38.4 Å². The lowest BCUT2D eigenvalue weighted by atomic mass is 10.1. The molecule has 0 aromatic heterocycles. The fourth-order valence-corrected chi connectivity index (χ4v) is 1.38. The van der Waals surface area contributed by atoms with Crippen LogP contribution in [0.2, 0.25) is 5.02 Å². The van der Waals surface area contributed by atoms with E-state index in [-0.39, 0.29) is 0 Å². The van der Waals surface area contributed by atoms with Crippen LogP contribution in [-0.2, 0) is 0 Å². The second kappa shape index (κ2) is 5.23. The molecule has 0 aliphatic carbocycles. The zero-order valence-electron chi connectivity index (χ0n) is 8.64. The molecule has 0 aliphatic heterocycles. The number of hydrogen-bond acceptors (Lipinski definition) is 2. The molecule has 0 fully saturated rings. The van der Waals surface area contributed by atoms with E-state index >= 15 is 0 Å². The smallest absolute Gasteiger partial charge is 0.123 e. The summed E-state index contributed by atoms with van der Waals surface area (Å²) in [5.41, 5.74) is 7.46. The van der Waals surface area contributed by atoms with Crippen LogP contribution in [-0.4, -0.2) is 13.2 Å². The van der Waals surface area contributed by atoms with Crippen LogP contribution in [0.5, 0.6) is 5.75 Å². The minimum Gasteiger partial charge on any atom is -0.493 e. The molecule has 14 heavy (non-hydrogen) atoms. The average Bonchev–Trinajstić information content (AvgIpc) is 2.18. The van der Waals surface area contributed by atoms with E-state index in [1.807, 2.05) is 26.0 Å². The summed E-state index contributed by atoms with van der Waals surface area (Å²) in [5.74, 6) is 0.856. The molecule has 1 aromatic carbocycles. The monoisotopic (exact) mass is 213 g/mol. The van der Waals surface area contributed by atoms with Crippen LogP contribution in [0.3, 0.4) is 0 Å². The van der Waals surface area contributed by atoms with Gasteiger partial charge in [0.25, 0.3) is 0 Å². The molecule has 0 saturated carbocycles. The molecule has 0 bridgehead atoms. The van der Waals surface area contributed by atoms with Crippen molar-refractivity contribution in [3.8, 4) is 5.75 Å². The Morgan fingerprint density at radius 3 is 2.71 bits per heavy atom. The third-order valence-electron chi connectivity index (χ3n) is 2.14. The molecule has 0 saturated heterocycles. The van der Waals surface area contributed by atoms with E-state index < -0.39 is 0 Å². The van der Waals surface area contributed by atoms with Gasteiger partial charge in [0, 0.05) is 5.56 Å². The van der Waals surface area contributed by atoms with Crippen molar-refractivity contribution in [2.75, 3.05) is 13.2 Å². The first kappa shape index (κ1) is 11.3. The van der Waals surface area contributed by atoms with Crippen LogP contribution < -0.4 is 10.5 Å². The second-order valence-electron chi connectivity index (χ2n) is 3.31. The van der Waals surface area contributed by atoms with Gasteiger partial charge in [-0.3, -0.25) is 0 Å². The SMILES string of the molecule is Cc1ccc(OCCCN)c(C)c1Cl. The number of aryl methyl sites for hydroxylation is 1. The molecule has 0 heterocycles. The third-order valence-corrected chi connectivity index (χ3v) is 2.72. The van der Waals surface area contributed by atoms with Crippen LogP contribution >= 0.6 is 11.6 Å². The standard InChI is InChI=1S/C11H16ClNO/c1-8-4-5-10(9(2)11(8)12)14-7-3-6-13/h4-5H,3,6-7,13H2,1-2H3. The van der Waals surface area contributed by atoms with Gasteiger partial charge in [-0.25, -0.2) is 0 Å². The van der Waals surface area contributed by atoms with Crippen molar-refractivity contribution in [2.24, 2.45) is 5.73 Å². The molecule has 0 unspecified atom stereocenters. The molecule has 0 amide bonds. The van der Waals surface area contributed by atoms with Gasteiger partial charge in [0.2, 0.25) is 0 Å². The molecular weight excluding hydrogens is 198 g/mol. The summed E-state index contributed by atoms with van der Waals surface area (Å²) < 4.78 is 5.55. The Morgan fingerprint density at radius 1 is 1.36 bits per heavy atom. The highest BCUT2D eigenvalue weighted by molar-refractivity contribution is 6.32. The minimum atomic E-state index is 0.650. The lowest BCUT2D eigenvalue weighted by Crippen LogP contribution is -2.06. The largest absolute Gasteiger partial charge is 0.493 e. The van der Waals surface area contributed by atoms with E-state index in [1.54, 1.807) is 0 Å². The Morgan fingerprint density at radius 2 is 2.07 bits per heavy atom. The molecule has 0 aliphatic rings. The van der Waals surface area contributed by atoms with E-state index in [1.165, 1.54) is 0 Å². The quantitative estimate of drug-likeness (QED) is 0.781. The van der Waals surface area contributed by atoms with Gasteiger partial charge in [-0.1, -0.05) is 17.7 Å². The van der Waals surface area contributed by atoms with Crippen molar-refractivity contribution < 1.29 is 4.74 Å². The minimum absolute atomic E-state index is 0.650. The molecule has 0 atom stereocenters. The summed E-state index contributed by atoms with van der Waals surface area (Å²) in [6.45, 7) is 5.25. The molecule has 1 aromatic rings. The molecule has 2 nitrogen and oxygen atoms in total. The summed E-state index contributed by atoms with van der Waals surface area (Å²) in [5, 5.41) is 0.787. The van der Waals surface area contributed by atoms with Crippen LogP contribution in [0.15, 0.2) is 12.1 Å². The van der Waals surface area contributed by atoms with Gasteiger partial charge in [-0.2, -0.15) is 0 Å². The summed E-state index contributed by atoms with van der Waals surface area (Å²) in [4.78, 5) is 0. The van der Waals surface area contributed by atoms with E-state index in [0.29, 0.717) is 13.2 Å². The summed E-state index contributed by atoms with van der Waals surface area (Å²) >= 11 is 6.09. The Balaban J connectivity index is 2.73. The fraction of sp³-hybridized carbons (Fsp3) is 0.455. The molecule has 78 valence electrons. The lowest BCUT2D eigenvalue weighted by Gasteiger charge is -2.11. The molecule has 3 heteroatoms. The summed E-state index contributed by atoms with van der Waals surface area (Å²) in [6, 6.07) is 3.92. The van der Waals surface area contributed by atoms with Crippen molar-refractivity contribution in [3.63, 3.8) is 0 Å². The normalized spacial score (nSPS) is 10.3. The Bertz CT molecular complexity index is 312. The van der Waals surface area contributed by atoms with Gasteiger partial charge in [-0.15, -0.1) is 0 Å². The van der Waals surface area contributed by atoms with Crippen molar-refractivity contribution in [2.45, 2.75) is 20.3 Å². The maximum Gasteiger partial charge on any atom is 0.123 e. The maximum absolute atomic E-state index is 6.09. The first-order valence-corrected chi connectivity index (χ1v) is 5.13. The van der Waals surface area contributed by atoms with Crippen molar-refractivity contribution in [1.82, 2.24) is 0 Å². The van der Waals surface area contributed by atoms with Crippen molar-refractivity contribution >= 4 is 11.6 Å². The maximum atomic E-state index is 6.09. The molecule has 2 N–H and O–H groups in total. The van der Waals surface area contributed by atoms with Crippen LogP contribution in [0.4, 0.5) is 0 Å². The number of benzene rings is 1.